The quantitative estimate of drug-likeness (QED) is 0.198. The van der Waals surface area contributed by atoms with Gasteiger partial charge >= 0.3 is 0 Å². The SMILES string of the molecule is CC(C)c1nc(-c2ccc3cc4c5c(nccc5c3c2)-c2cc3ccccc3c(CC(C)(C)C)c2S4)nc(C(C)C)n1. The molecule has 0 saturated heterocycles. The summed E-state index contributed by atoms with van der Waals surface area (Å²) < 4.78 is 0. The van der Waals surface area contributed by atoms with E-state index in [2.05, 4.69) is 109 Å². The van der Waals surface area contributed by atoms with Gasteiger partial charge in [-0.15, -0.1) is 0 Å². The van der Waals surface area contributed by atoms with Gasteiger partial charge in [-0.05, 0) is 68.6 Å². The zero-order valence-electron chi connectivity index (χ0n) is 25.4. The molecule has 0 radical (unpaired) electrons. The van der Waals surface area contributed by atoms with Gasteiger partial charge in [-0.1, -0.05) is 96.6 Å². The molecule has 4 aromatic carbocycles. The molecular weight excluding hydrogens is 533 g/mol. The second-order valence-corrected chi connectivity index (χ2v) is 14.4. The minimum Gasteiger partial charge on any atom is -0.256 e. The molecule has 0 unspecified atom stereocenters. The number of nitrogens with zero attached hydrogens (tertiary/aromatic N) is 4. The Morgan fingerprint density at radius 2 is 1.45 bits per heavy atom. The van der Waals surface area contributed by atoms with E-state index in [1.165, 1.54) is 53.2 Å². The summed E-state index contributed by atoms with van der Waals surface area (Å²) in [5, 5.41) is 7.50. The highest BCUT2D eigenvalue weighted by atomic mass is 32.2. The van der Waals surface area contributed by atoms with Gasteiger partial charge in [-0.25, -0.2) is 15.0 Å². The average molecular weight is 569 g/mol. The highest BCUT2D eigenvalue weighted by molar-refractivity contribution is 8.00. The van der Waals surface area contributed by atoms with Crippen LogP contribution >= 0.6 is 11.8 Å². The van der Waals surface area contributed by atoms with E-state index in [0.29, 0.717) is 0 Å². The van der Waals surface area contributed by atoms with E-state index in [4.69, 9.17) is 19.9 Å². The number of pyridine rings is 1. The fraction of sp³-hybridized carbons (Fsp3) is 0.297. The van der Waals surface area contributed by atoms with Crippen molar-refractivity contribution in [2.75, 3.05) is 0 Å². The van der Waals surface area contributed by atoms with Crippen molar-refractivity contribution < 1.29 is 0 Å². The van der Waals surface area contributed by atoms with Gasteiger partial charge < -0.3 is 0 Å². The average Bonchev–Trinajstić information content (AvgIpc) is 2.96. The van der Waals surface area contributed by atoms with Crippen molar-refractivity contribution in [3.63, 3.8) is 0 Å². The van der Waals surface area contributed by atoms with Crippen LogP contribution in [0.2, 0.25) is 0 Å². The number of aromatic nitrogens is 4. The molecule has 6 aromatic rings. The van der Waals surface area contributed by atoms with E-state index in [0.717, 1.165) is 35.2 Å². The van der Waals surface area contributed by atoms with Crippen molar-refractivity contribution >= 4 is 44.1 Å². The standard InChI is InChI=1S/C37H36N4S/c1-20(2)34-39-35(21(3)4)41-36(40-34)24-13-12-23-18-30-31-26(27(23)17-24)14-15-38-32(31)28-16-22-10-8-9-11-25(22)29(33(28)42-30)19-37(5,6)7/h8-18,20-21H,19H2,1-7H3. The molecule has 0 saturated carbocycles. The Morgan fingerprint density at radius 3 is 2.17 bits per heavy atom. The molecule has 42 heavy (non-hydrogen) atoms. The van der Waals surface area contributed by atoms with Gasteiger partial charge in [0.2, 0.25) is 0 Å². The van der Waals surface area contributed by atoms with Crippen LogP contribution in [0.15, 0.2) is 76.7 Å². The van der Waals surface area contributed by atoms with E-state index < -0.39 is 0 Å². The molecule has 0 bridgehead atoms. The molecule has 0 atom stereocenters. The van der Waals surface area contributed by atoms with E-state index in [9.17, 15) is 0 Å². The smallest absolute Gasteiger partial charge is 0.163 e. The van der Waals surface area contributed by atoms with Gasteiger partial charge in [0.25, 0.3) is 0 Å². The first kappa shape index (κ1) is 27.0. The fourth-order valence-electron chi connectivity index (χ4n) is 6.06. The molecule has 1 aliphatic rings. The summed E-state index contributed by atoms with van der Waals surface area (Å²) in [6.45, 7) is 15.5. The molecule has 0 amide bonds. The van der Waals surface area contributed by atoms with Crippen molar-refractivity contribution in [3.05, 3.63) is 84.1 Å². The zero-order valence-corrected chi connectivity index (χ0v) is 26.2. The summed E-state index contributed by atoms with van der Waals surface area (Å²) in [5.74, 6) is 2.90. The largest absolute Gasteiger partial charge is 0.256 e. The predicted octanol–water partition coefficient (Wildman–Crippen LogP) is 10.4. The van der Waals surface area contributed by atoms with Gasteiger partial charge in [0.05, 0.1) is 5.69 Å². The number of benzene rings is 4. The van der Waals surface area contributed by atoms with Gasteiger partial charge in [0, 0.05) is 44.3 Å². The summed E-state index contributed by atoms with van der Waals surface area (Å²) in [6, 6.07) is 22.3. The number of fused-ring (bicyclic) bond motifs is 5. The highest BCUT2D eigenvalue weighted by Crippen LogP contribution is 2.52. The number of hydrogen-bond acceptors (Lipinski definition) is 5. The van der Waals surface area contributed by atoms with E-state index in [1.807, 2.05) is 18.0 Å². The van der Waals surface area contributed by atoms with Gasteiger partial charge in [-0.3, -0.25) is 4.98 Å². The molecule has 0 N–H and O–H groups in total. The monoisotopic (exact) mass is 568 g/mol. The van der Waals surface area contributed by atoms with Gasteiger partial charge in [-0.2, -0.15) is 0 Å². The lowest BCUT2D eigenvalue weighted by molar-refractivity contribution is 0.410. The molecule has 7 rings (SSSR count). The van der Waals surface area contributed by atoms with Crippen molar-refractivity contribution in [2.45, 2.75) is 76.5 Å². The third-order valence-electron chi connectivity index (χ3n) is 8.07. The topological polar surface area (TPSA) is 51.6 Å². The Balaban J connectivity index is 1.47. The first-order valence-corrected chi connectivity index (χ1v) is 15.7. The van der Waals surface area contributed by atoms with Crippen molar-refractivity contribution in [2.24, 2.45) is 5.41 Å². The molecule has 4 nitrogen and oxygen atoms in total. The lowest BCUT2D eigenvalue weighted by atomic mass is 9.84. The molecular formula is C37H36N4S. The maximum atomic E-state index is 5.03. The van der Waals surface area contributed by atoms with Crippen LogP contribution in [-0.2, 0) is 6.42 Å². The Labute approximate surface area is 252 Å². The van der Waals surface area contributed by atoms with Crippen LogP contribution < -0.4 is 0 Å². The van der Waals surface area contributed by atoms with Gasteiger partial charge in [0.1, 0.15) is 11.6 Å². The van der Waals surface area contributed by atoms with Crippen LogP contribution in [0.4, 0.5) is 0 Å². The van der Waals surface area contributed by atoms with Crippen LogP contribution in [0.25, 0.3) is 55.0 Å². The normalized spacial score (nSPS) is 13.1. The Hall–Kier alpha value is -3.83. The third-order valence-corrected chi connectivity index (χ3v) is 9.28. The second-order valence-electron chi connectivity index (χ2n) is 13.4. The van der Waals surface area contributed by atoms with E-state index >= 15 is 0 Å². The summed E-state index contributed by atoms with van der Waals surface area (Å²) in [6.07, 6.45) is 2.98. The maximum Gasteiger partial charge on any atom is 0.163 e. The van der Waals surface area contributed by atoms with Crippen LogP contribution in [-0.4, -0.2) is 19.9 Å². The minimum absolute atomic E-state index is 0.165. The maximum absolute atomic E-state index is 5.03. The molecule has 2 aromatic heterocycles. The summed E-state index contributed by atoms with van der Waals surface area (Å²) in [4.78, 5) is 22.2. The fourth-order valence-corrected chi connectivity index (χ4v) is 7.34. The van der Waals surface area contributed by atoms with Crippen molar-refractivity contribution in [1.29, 1.82) is 0 Å². The number of hydrogen-bond donors (Lipinski definition) is 0. The lowest BCUT2D eigenvalue weighted by Crippen LogP contribution is -2.12. The van der Waals surface area contributed by atoms with E-state index in [1.54, 1.807) is 0 Å². The van der Waals surface area contributed by atoms with Crippen molar-refractivity contribution in [1.82, 2.24) is 19.9 Å². The zero-order chi connectivity index (χ0) is 29.3. The minimum atomic E-state index is 0.165. The molecule has 210 valence electrons. The lowest BCUT2D eigenvalue weighted by Gasteiger charge is -2.27. The summed E-state index contributed by atoms with van der Waals surface area (Å²) >= 11 is 1.91. The van der Waals surface area contributed by atoms with Crippen molar-refractivity contribution in [3.8, 4) is 22.6 Å². The van der Waals surface area contributed by atoms with Crippen LogP contribution in [0.3, 0.4) is 0 Å². The first-order valence-electron chi connectivity index (χ1n) is 14.9. The van der Waals surface area contributed by atoms with Crippen LogP contribution in [0, 0.1) is 5.41 Å². The summed E-state index contributed by atoms with van der Waals surface area (Å²) in [5.41, 5.74) is 4.93. The first-order chi connectivity index (χ1) is 20.1. The van der Waals surface area contributed by atoms with Crippen LogP contribution in [0.1, 0.15) is 77.5 Å². The molecule has 5 heteroatoms. The molecule has 3 heterocycles. The predicted molar refractivity (Wildman–Crippen MR) is 176 cm³/mol. The molecule has 1 aliphatic heterocycles. The highest BCUT2D eigenvalue weighted by Gasteiger charge is 2.27. The molecule has 0 spiro atoms. The summed E-state index contributed by atoms with van der Waals surface area (Å²) in [7, 11) is 0. The number of rotatable bonds is 4. The molecule has 0 aliphatic carbocycles. The van der Waals surface area contributed by atoms with Crippen LogP contribution in [0.5, 0.6) is 0 Å². The molecule has 0 fully saturated rings. The van der Waals surface area contributed by atoms with E-state index in [-0.39, 0.29) is 17.3 Å². The Morgan fingerprint density at radius 1 is 0.738 bits per heavy atom. The van der Waals surface area contributed by atoms with Gasteiger partial charge in [0.15, 0.2) is 5.82 Å². The second kappa shape index (κ2) is 9.88. The Kier molecular flexibility index (Phi) is 6.36. The Bertz CT molecular complexity index is 2010. The third kappa shape index (κ3) is 4.55.